The molecule has 32 N–H and O–H groups in total. The Balaban J connectivity index is 1.17. The highest BCUT2D eigenvalue weighted by Gasteiger charge is 2.54. The number of rotatable bonds is 38. The third-order valence-electron chi connectivity index (χ3n) is 17.0. The number of hydrogen-bond donors (Lipinski definition) is 26. The van der Waals surface area contributed by atoms with Crippen LogP contribution in [0.3, 0.4) is 0 Å². The Morgan fingerprint density at radius 1 is 0.720 bits per heavy atom. The summed E-state index contributed by atoms with van der Waals surface area (Å²) in [5.74, 6) is -8.39. The number of ether oxygens (including phenoxy) is 7. The molecule has 8 amide bonds. The maximum Gasteiger partial charge on any atom is 0.404 e. The van der Waals surface area contributed by atoms with E-state index in [1.54, 1.807) is 0 Å². The second-order valence-electron chi connectivity index (χ2n) is 25.0. The molecule has 3 aliphatic heterocycles. The number of anilines is 1. The van der Waals surface area contributed by atoms with Gasteiger partial charge < -0.3 is 171 Å². The van der Waals surface area contributed by atoms with Crippen molar-refractivity contribution in [1.82, 2.24) is 67.1 Å². The Kier molecular flexibility index (Phi) is 31.8. The van der Waals surface area contributed by atoms with Gasteiger partial charge in [-0.25, -0.2) is 29.7 Å². The molecular formula is C59H91N19O27S2. The molecule has 0 aliphatic carbocycles. The molecule has 3 saturated heterocycles. The molecule has 596 valence electrons. The largest absolute Gasteiger partial charge is 0.441 e. The van der Waals surface area contributed by atoms with Gasteiger partial charge in [-0.2, -0.15) is 0 Å². The third kappa shape index (κ3) is 22.4. The van der Waals surface area contributed by atoms with Crippen LogP contribution in [-0.4, -0.2) is 319 Å². The van der Waals surface area contributed by atoms with Crippen LogP contribution < -0.4 is 71.6 Å². The van der Waals surface area contributed by atoms with E-state index >= 15 is 4.79 Å². The van der Waals surface area contributed by atoms with E-state index in [0.29, 0.717) is 13.1 Å². The van der Waals surface area contributed by atoms with Gasteiger partial charge in [0.1, 0.15) is 112 Å². The van der Waals surface area contributed by atoms with Gasteiger partial charge in [0, 0.05) is 48.9 Å². The monoisotopic (exact) mass is 1560 g/mol. The summed E-state index contributed by atoms with van der Waals surface area (Å²) in [7, 11) is 0. The summed E-state index contributed by atoms with van der Waals surface area (Å²) in [5, 5.41) is 152. The fourth-order valence-corrected chi connectivity index (χ4v) is 12.5. The second kappa shape index (κ2) is 39.4. The molecule has 3 fully saturated rings. The third-order valence-corrected chi connectivity index (χ3v) is 18.8. The Morgan fingerprint density at radius 2 is 1.40 bits per heavy atom. The first kappa shape index (κ1) is 86.3. The summed E-state index contributed by atoms with van der Waals surface area (Å²) in [4.78, 5) is 132. The highest BCUT2D eigenvalue weighted by atomic mass is 32.1. The van der Waals surface area contributed by atoms with E-state index in [1.165, 1.54) is 24.6 Å². The lowest BCUT2D eigenvalue weighted by Gasteiger charge is -2.47. The Labute approximate surface area is 614 Å². The van der Waals surface area contributed by atoms with Gasteiger partial charge in [-0.1, -0.05) is 0 Å². The maximum atomic E-state index is 15.3. The number of aromatic amines is 1. The Hall–Kier alpha value is -7.97. The summed E-state index contributed by atoms with van der Waals surface area (Å²) in [6.07, 6.45) is -37.9. The van der Waals surface area contributed by atoms with Gasteiger partial charge in [-0.3, -0.25) is 33.6 Å². The maximum absolute atomic E-state index is 15.3. The van der Waals surface area contributed by atoms with Gasteiger partial charge in [-0.05, 0) is 27.7 Å². The normalized spacial score (nSPS) is 27.4. The second-order valence-corrected chi connectivity index (χ2v) is 26.7. The molecule has 17 unspecified atom stereocenters. The summed E-state index contributed by atoms with van der Waals surface area (Å²) in [5.41, 5.74) is 33.3. The van der Waals surface area contributed by atoms with E-state index in [1.807, 2.05) is 0 Å². The van der Waals surface area contributed by atoms with Gasteiger partial charge in [0.2, 0.25) is 29.5 Å². The van der Waals surface area contributed by atoms with Crippen molar-refractivity contribution < 1.29 is 133 Å². The van der Waals surface area contributed by atoms with Gasteiger partial charge in [0.25, 0.3) is 11.8 Å². The van der Waals surface area contributed by atoms with Gasteiger partial charge in [-0.15, -0.1) is 22.7 Å². The molecule has 0 saturated carbocycles. The van der Waals surface area contributed by atoms with Crippen LogP contribution >= 0.6 is 22.7 Å². The van der Waals surface area contributed by atoms with Crippen LogP contribution in [0, 0.1) is 6.92 Å². The van der Waals surface area contributed by atoms with Crippen LogP contribution in [0.2, 0.25) is 0 Å². The molecule has 0 spiro atoms. The van der Waals surface area contributed by atoms with Crippen LogP contribution in [0.5, 0.6) is 0 Å². The van der Waals surface area contributed by atoms with Crippen molar-refractivity contribution in [3.8, 4) is 10.7 Å². The van der Waals surface area contributed by atoms with E-state index in [0.717, 1.165) is 49.0 Å². The van der Waals surface area contributed by atoms with Crippen molar-refractivity contribution >= 4 is 75.9 Å². The number of nitrogens with two attached hydrogens (primary N) is 6. The predicted molar refractivity (Wildman–Crippen MR) is 361 cm³/mol. The number of thiazole rings is 2. The molecule has 0 aromatic carbocycles. The first-order valence-corrected chi connectivity index (χ1v) is 34.7. The number of aromatic nitrogens is 6. The van der Waals surface area contributed by atoms with Crippen LogP contribution in [0.1, 0.15) is 94.9 Å². The minimum absolute atomic E-state index is 0.0278. The zero-order chi connectivity index (χ0) is 79.0. The Morgan fingerprint density at radius 3 is 2.04 bits per heavy atom. The van der Waals surface area contributed by atoms with Crippen molar-refractivity contribution in [1.29, 1.82) is 0 Å². The number of aliphatic hydroxyl groups is 12. The average molecular weight is 1560 g/mol. The number of aliphatic hydroxyl groups excluding tert-OH is 12. The number of primary amides is 3. The highest BCUT2D eigenvalue weighted by molar-refractivity contribution is 7.14. The minimum atomic E-state index is -2.26. The molecule has 7 heterocycles. The number of imidazole rings is 1. The summed E-state index contributed by atoms with van der Waals surface area (Å²) in [6.45, 7) is 3.21. The van der Waals surface area contributed by atoms with Gasteiger partial charge in [0.15, 0.2) is 37.3 Å². The fraction of sp³-hybridized carbons (Fsp3) is 0.644. The van der Waals surface area contributed by atoms with Crippen LogP contribution in [0.25, 0.3) is 10.7 Å². The smallest absolute Gasteiger partial charge is 0.404 e. The zero-order valence-corrected chi connectivity index (χ0v) is 59.2. The van der Waals surface area contributed by atoms with E-state index < -0.39 is 250 Å². The first-order chi connectivity index (χ1) is 50.6. The summed E-state index contributed by atoms with van der Waals surface area (Å²) < 4.78 is 40.3. The zero-order valence-electron chi connectivity index (χ0n) is 57.6. The highest BCUT2D eigenvalue weighted by Crippen LogP contribution is 2.36. The van der Waals surface area contributed by atoms with Crippen molar-refractivity contribution in [2.45, 2.75) is 193 Å². The number of nitrogens with one attached hydrogen (secondary N) is 8. The lowest BCUT2D eigenvalue weighted by molar-refractivity contribution is -0.372. The van der Waals surface area contributed by atoms with Gasteiger partial charge in [0.05, 0.1) is 86.9 Å². The topological polar surface area (TPSA) is 765 Å². The molecule has 3 aliphatic rings. The van der Waals surface area contributed by atoms with Gasteiger partial charge >= 0.3 is 6.09 Å². The number of nitrogens with zero attached hydrogens (tertiary/aromatic N) is 5. The van der Waals surface area contributed by atoms with Crippen LogP contribution in [-0.2, 0) is 57.1 Å². The lowest BCUT2D eigenvalue weighted by Crippen LogP contribution is -2.65. The average Bonchev–Trinajstić information content (AvgIpc) is 0.849. The number of carbonyl (C=O) groups excluding carboxylic acids is 8. The SMILES string of the molecule is Cc1c(N)nc([C@H](CC(N)=O)NC[C@H](N)C(N)=O)nc1C(=O)N[C@H](C(=O)N[C@H](C)[C@@H](O)CC(=O)N[C@H](C(=O)NC(OC1OC(C)C(N)C(O)C1O)C(O)c1nc(-c2nc(C(=O)NCCNCCO)cs2)cs1)[C@@H](C)O)[C@@H](OC1OC(CO)C(O)C(O)C1OC1OC(CO)C(O)C(OC(N)=O)C1O)c1cnc[nH]1. The molecule has 4 aromatic rings. The summed E-state index contributed by atoms with van der Waals surface area (Å²) >= 11 is 1.85. The first-order valence-electron chi connectivity index (χ1n) is 33.0. The molecular weight excluding hydrogens is 1470 g/mol. The van der Waals surface area contributed by atoms with Crippen LogP contribution in [0.15, 0.2) is 23.3 Å². The molecule has 4 aromatic heterocycles. The molecule has 0 bridgehead atoms. The van der Waals surface area contributed by atoms with E-state index in [2.05, 4.69) is 67.1 Å². The minimum Gasteiger partial charge on any atom is -0.441 e. The summed E-state index contributed by atoms with van der Waals surface area (Å²) in [6, 6.07) is -9.69. The molecule has 25 atom stereocenters. The number of H-pyrrole nitrogens is 1. The van der Waals surface area contributed by atoms with E-state index in [4.69, 9.17) is 72.7 Å². The fourth-order valence-electron chi connectivity index (χ4n) is 10.9. The predicted octanol–water partition coefficient (Wildman–Crippen LogP) is -12.0. The van der Waals surface area contributed by atoms with E-state index in [-0.39, 0.29) is 45.8 Å². The van der Waals surface area contributed by atoms with Crippen molar-refractivity contribution in [3.05, 3.63) is 56.8 Å². The molecule has 0 radical (unpaired) electrons. The lowest BCUT2D eigenvalue weighted by atomic mass is 9.97. The van der Waals surface area contributed by atoms with Crippen molar-refractivity contribution in [2.24, 2.45) is 28.7 Å². The number of amides is 8. The number of nitrogen functional groups attached to an aromatic ring is 1. The molecule has 46 nitrogen and oxygen atoms in total. The molecule has 107 heavy (non-hydrogen) atoms. The van der Waals surface area contributed by atoms with Crippen molar-refractivity contribution in [2.75, 3.05) is 51.7 Å². The standard InChI is InChI=1S/C59H91N19O27S2/c1-18-33(75-48(77-46(18)63)23(9-30(61)84)69-11-22(60)47(64)93)50(95)76-35(43(24-12-67-17-70-24)102-58-45(39(89)36(86)28(13-80)101-58)103-57-41(91)44(104-59(65)98)37(87)29(14-81)100-57)52(97)71-19(2)27(83)10-31(85)74-34(20(3)82)51(96)78-53(105-56-40(90)38(88)32(62)21(4)99-56)42(92)55-73-26(16-107-55)54-72-25(15-106-54)49(94)68-6-5-66-7-8-79/h12,15-17,19-23,27-29,32,34-45,53,56-58,66,69,79-83,86-92H,5-11,13-14,60,62H2,1-4H3,(H2,61,84)(H2,64,93)(H2,65,98)(H,67,70)(H,68,94)(H,71,97)(H,74,85)(H,76,95)(H,78,96)(H2,63,75,77)/t19-,20-,21?,22+,23+,27+,28?,29?,32?,34+,35+,36?,37?,38?,39?,40?,41?,42?,43+,44?,45?,53?,56?,57?,58?/m1/s1. The Bertz CT molecular complexity index is 3630. The quantitative estimate of drug-likeness (QED) is 0.0146. The number of carbonyl (C=O) groups is 8. The number of hydrogen-bond acceptors (Lipinski definition) is 39. The van der Waals surface area contributed by atoms with Crippen LogP contribution in [0.4, 0.5) is 10.6 Å². The van der Waals surface area contributed by atoms with E-state index in [9.17, 15) is 89.7 Å². The van der Waals surface area contributed by atoms with Crippen molar-refractivity contribution in [3.63, 3.8) is 0 Å². The molecule has 7 rings (SSSR count). The molecule has 48 heteroatoms.